The molecule has 0 saturated carbocycles. The maximum Gasteiger partial charge on any atom is 0.144 e. The molecule has 0 aliphatic heterocycles. The molecule has 2 aromatic rings. The van der Waals surface area contributed by atoms with Crippen LogP contribution in [0.5, 0.6) is 0 Å². The van der Waals surface area contributed by atoms with E-state index >= 15 is 0 Å². The Kier molecular flexibility index (Phi) is 3.89. The van der Waals surface area contributed by atoms with Gasteiger partial charge in [0.25, 0.3) is 0 Å². The molecule has 108 valence electrons. The minimum atomic E-state index is -0.760. The van der Waals surface area contributed by atoms with Crippen LogP contribution in [0.25, 0.3) is 0 Å². The summed E-state index contributed by atoms with van der Waals surface area (Å²) in [5, 5.41) is 22.3. The first-order valence-corrected chi connectivity index (χ1v) is 7.16. The first-order chi connectivity index (χ1) is 10.3. The molecule has 21 heavy (non-hydrogen) atoms. The van der Waals surface area contributed by atoms with E-state index in [9.17, 15) is 10.4 Å². The van der Waals surface area contributed by atoms with Gasteiger partial charge in [0.2, 0.25) is 0 Å². The third-order valence-electron chi connectivity index (χ3n) is 3.76. The molecule has 2 N–H and O–H groups in total. The van der Waals surface area contributed by atoms with Gasteiger partial charge in [-0.15, -0.1) is 0 Å². The molecule has 5 heteroatoms. The SMILES string of the molecule is N#Cc1cc2c(nc1NCC(O)c1ccco1)CCCC2. The number of rotatable bonds is 4. The molecule has 0 spiro atoms. The van der Waals surface area contributed by atoms with Gasteiger partial charge in [0.1, 0.15) is 23.8 Å². The van der Waals surface area contributed by atoms with Gasteiger partial charge in [0.05, 0.1) is 11.8 Å². The summed E-state index contributed by atoms with van der Waals surface area (Å²) in [5.41, 5.74) is 2.77. The highest BCUT2D eigenvalue weighted by Gasteiger charge is 2.16. The molecule has 0 radical (unpaired) electrons. The first-order valence-electron chi connectivity index (χ1n) is 7.16. The number of nitriles is 1. The van der Waals surface area contributed by atoms with Crippen LogP contribution in [0.15, 0.2) is 28.9 Å². The van der Waals surface area contributed by atoms with Crippen molar-refractivity contribution >= 4 is 5.82 Å². The van der Waals surface area contributed by atoms with Crippen LogP contribution in [0.2, 0.25) is 0 Å². The number of aromatic nitrogens is 1. The summed E-state index contributed by atoms with van der Waals surface area (Å²) in [4.78, 5) is 4.56. The molecule has 0 bridgehead atoms. The molecule has 3 rings (SSSR count). The molecule has 0 aromatic carbocycles. The summed E-state index contributed by atoms with van der Waals surface area (Å²) >= 11 is 0. The number of nitrogens with one attached hydrogen (secondary N) is 1. The lowest BCUT2D eigenvalue weighted by molar-refractivity contribution is 0.162. The molecule has 0 fully saturated rings. The van der Waals surface area contributed by atoms with Crippen LogP contribution in [0, 0.1) is 11.3 Å². The highest BCUT2D eigenvalue weighted by Crippen LogP contribution is 2.25. The highest BCUT2D eigenvalue weighted by atomic mass is 16.4. The van der Waals surface area contributed by atoms with Crippen LogP contribution in [0.4, 0.5) is 5.82 Å². The summed E-state index contributed by atoms with van der Waals surface area (Å²) in [6.45, 7) is 0.258. The average Bonchev–Trinajstić information content (AvgIpc) is 3.06. The number of hydrogen-bond donors (Lipinski definition) is 2. The van der Waals surface area contributed by atoms with Crippen molar-refractivity contribution in [3.63, 3.8) is 0 Å². The maximum atomic E-state index is 10.0. The van der Waals surface area contributed by atoms with Crippen LogP contribution >= 0.6 is 0 Å². The molecule has 2 heterocycles. The van der Waals surface area contributed by atoms with Gasteiger partial charge in [-0.3, -0.25) is 0 Å². The zero-order valence-corrected chi connectivity index (χ0v) is 11.7. The van der Waals surface area contributed by atoms with Crippen molar-refractivity contribution in [1.82, 2.24) is 4.98 Å². The number of fused-ring (bicyclic) bond motifs is 1. The summed E-state index contributed by atoms with van der Waals surface area (Å²) in [6.07, 6.45) is 5.01. The molecular formula is C16H17N3O2. The predicted octanol–water partition coefficient (Wildman–Crippen LogP) is 2.57. The minimum Gasteiger partial charge on any atom is -0.467 e. The van der Waals surface area contributed by atoms with E-state index in [1.54, 1.807) is 12.1 Å². The number of anilines is 1. The number of aliphatic hydroxyl groups is 1. The Labute approximate surface area is 123 Å². The monoisotopic (exact) mass is 283 g/mol. The highest BCUT2D eigenvalue weighted by molar-refractivity contribution is 5.54. The number of aliphatic hydroxyl groups excluding tert-OH is 1. The van der Waals surface area contributed by atoms with E-state index < -0.39 is 6.10 Å². The van der Waals surface area contributed by atoms with Gasteiger partial charge < -0.3 is 14.8 Å². The molecule has 1 unspecified atom stereocenters. The smallest absolute Gasteiger partial charge is 0.144 e. The molecule has 2 aromatic heterocycles. The van der Waals surface area contributed by atoms with Gasteiger partial charge in [-0.2, -0.15) is 5.26 Å². The number of furan rings is 1. The molecule has 1 aliphatic carbocycles. The summed E-state index contributed by atoms with van der Waals surface area (Å²) in [5.74, 6) is 1.04. The fraction of sp³-hybridized carbons (Fsp3) is 0.375. The van der Waals surface area contributed by atoms with E-state index in [0.717, 1.165) is 31.4 Å². The summed E-state index contributed by atoms with van der Waals surface area (Å²) in [6, 6.07) is 7.55. The second-order valence-corrected chi connectivity index (χ2v) is 5.22. The van der Waals surface area contributed by atoms with Crippen LogP contribution in [-0.2, 0) is 12.8 Å². The van der Waals surface area contributed by atoms with E-state index in [1.807, 2.05) is 6.07 Å². The number of aryl methyl sites for hydroxylation is 2. The Hall–Kier alpha value is -2.32. The second kappa shape index (κ2) is 5.98. The van der Waals surface area contributed by atoms with Gasteiger partial charge >= 0.3 is 0 Å². The van der Waals surface area contributed by atoms with Gasteiger partial charge in [-0.1, -0.05) is 0 Å². The number of hydrogen-bond acceptors (Lipinski definition) is 5. The summed E-state index contributed by atoms with van der Waals surface area (Å²) in [7, 11) is 0. The van der Waals surface area contributed by atoms with Gasteiger partial charge in [0.15, 0.2) is 0 Å². The van der Waals surface area contributed by atoms with E-state index in [2.05, 4.69) is 16.4 Å². The van der Waals surface area contributed by atoms with E-state index in [4.69, 9.17) is 4.42 Å². The number of nitrogens with zero attached hydrogens (tertiary/aromatic N) is 2. The van der Waals surface area contributed by atoms with Crippen LogP contribution in [0.1, 0.15) is 41.5 Å². The van der Waals surface area contributed by atoms with Gasteiger partial charge in [0, 0.05) is 12.2 Å². The lowest BCUT2D eigenvalue weighted by Gasteiger charge is -2.18. The van der Waals surface area contributed by atoms with Crippen LogP contribution in [0.3, 0.4) is 0 Å². The van der Waals surface area contributed by atoms with Crippen molar-refractivity contribution in [3.05, 3.63) is 47.0 Å². The van der Waals surface area contributed by atoms with Crippen molar-refractivity contribution in [3.8, 4) is 6.07 Å². The average molecular weight is 283 g/mol. The van der Waals surface area contributed by atoms with Crippen molar-refractivity contribution in [2.75, 3.05) is 11.9 Å². The van der Waals surface area contributed by atoms with Crippen LogP contribution in [-0.4, -0.2) is 16.6 Å². The lowest BCUT2D eigenvalue weighted by Crippen LogP contribution is -2.15. The van der Waals surface area contributed by atoms with Crippen molar-refractivity contribution in [1.29, 1.82) is 5.26 Å². The quantitative estimate of drug-likeness (QED) is 0.901. The van der Waals surface area contributed by atoms with E-state index in [1.165, 1.54) is 11.8 Å². The Morgan fingerprint density at radius 3 is 3.05 bits per heavy atom. The lowest BCUT2D eigenvalue weighted by atomic mass is 9.95. The largest absolute Gasteiger partial charge is 0.467 e. The first kappa shape index (κ1) is 13.7. The molecule has 5 nitrogen and oxygen atoms in total. The zero-order valence-electron chi connectivity index (χ0n) is 11.7. The van der Waals surface area contributed by atoms with Crippen molar-refractivity contribution in [2.45, 2.75) is 31.8 Å². The zero-order chi connectivity index (χ0) is 14.7. The molecular weight excluding hydrogens is 266 g/mol. The Morgan fingerprint density at radius 1 is 1.43 bits per heavy atom. The number of pyridine rings is 1. The summed E-state index contributed by atoms with van der Waals surface area (Å²) < 4.78 is 5.16. The second-order valence-electron chi connectivity index (χ2n) is 5.22. The standard InChI is InChI=1S/C16H17N3O2/c17-9-12-8-11-4-1-2-5-13(11)19-16(12)18-10-14(20)15-6-3-7-21-15/h3,6-8,14,20H,1-2,4-5,10H2,(H,18,19). The minimum absolute atomic E-state index is 0.258. The Balaban J connectivity index is 1.77. The Bertz CT molecular complexity index is 659. The van der Waals surface area contributed by atoms with E-state index in [0.29, 0.717) is 17.1 Å². The fourth-order valence-corrected chi connectivity index (χ4v) is 2.63. The van der Waals surface area contributed by atoms with Crippen LogP contribution < -0.4 is 5.32 Å². The topological polar surface area (TPSA) is 82.1 Å². The molecule has 0 saturated heterocycles. The predicted molar refractivity (Wildman–Crippen MR) is 77.8 cm³/mol. The maximum absolute atomic E-state index is 10.0. The fourth-order valence-electron chi connectivity index (χ4n) is 2.63. The normalized spacial score (nSPS) is 15.0. The van der Waals surface area contributed by atoms with Crippen molar-refractivity contribution in [2.24, 2.45) is 0 Å². The third-order valence-corrected chi connectivity index (χ3v) is 3.76. The van der Waals surface area contributed by atoms with Gasteiger partial charge in [-0.25, -0.2) is 4.98 Å². The molecule has 1 atom stereocenters. The van der Waals surface area contributed by atoms with Crippen molar-refractivity contribution < 1.29 is 9.52 Å². The van der Waals surface area contributed by atoms with Gasteiger partial charge in [-0.05, 0) is 49.4 Å². The third kappa shape index (κ3) is 2.91. The Morgan fingerprint density at radius 2 is 2.29 bits per heavy atom. The molecule has 0 amide bonds. The molecule has 1 aliphatic rings. The van der Waals surface area contributed by atoms with E-state index in [-0.39, 0.29) is 6.54 Å².